The summed E-state index contributed by atoms with van der Waals surface area (Å²) in [5.74, 6) is -0.419. The fraction of sp³-hybridized carbons (Fsp3) is 0.0833. The van der Waals surface area contributed by atoms with Crippen LogP contribution in [0.25, 0.3) is 0 Å². The summed E-state index contributed by atoms with van der Waals surface area (Å²) in [5.41, 5.74) is 6.40. The zero-order valence-electron chi connectivity index (χ0n) is 9.15. The zero-order chi connectivity index (χ0) is 13.1. The maximum Gasteiger partial charge on any atom is 0.338 e. The zero-order valence-corrected chi connectivity index (χ0v) is 12.3. The molecule has 0 radical (unpaired) electrons. The number of anilines is 1. The van der Waals surface area contributed by atoms with Crippen molar-refractivity contribution in [3.63, 3.8) is 0 Å². The molecule has 0 saturated heterocycles. The van der Waals surface area contributed by atoms with E-state index in [1.807, 2.05) is 11.4 Å². The van der Waals surface area contributed by atoms with E-state index in [1.54, 1.807) is 12.1 Å². The topological polar surface area (TPSA) is 52.3 Å². The fourth-order valence-electron chi connectivity index (χ4n) is 1.30. The van der Waals surface area contributed by atoms with Gasteiger partial charge in [-0.3, -0.25) is 0 Å². The number of rotatable bonds is 3. The van der Waals surface area contributed by atoms with Crippen molar-refractivity contribution < 1.29 is 9.53 Å². The summed E-state index contributed by atoms with van der Waals surface area (Å²) >= 11 is 10.7. The summed E-state index contributed by atoms with van der Waals surface area (Å²) in [4.78, 5) is 12.7. The molecule has 1 aromatic heterocycles. The molecular weight excluding hydrogens is 338 g/mol. The van der Waals surface area contributed by atoms with Crippen LogP contribution in [0.15, 0.2) is 34.1 Å². The number of hydrogen-bond donors (Lipinski definition) is 1. The van der Waals surface area contributed by atoms with Crippen LogP contribution in [0.4, 0.5) is 5.69 Å². The minimum atomic E-state index is -0.419. The van der Waals surface area contributed by atoms with Crippen molar-refractivity contribution in [2.75, 3.05) is 5.73 Å². The summed E-state index contributed by atoms with van der Waals surface area (Å²) in [5, 5.41) is 2.27. The van der Waals surface area contributed by atoms with E-state index >= 15 is 0 Å². The molecule has 6 heteroatoms. The number of esters is 1. The van der Waals surface area contributed by atoms with Gasteiger partial charge in [-0.2, -0.15) is 0 Å². The largest absolute Gasteiger partial charge is 0.456 e. The van der Waals surface area contributed by atoms with Crippen LogP contribution in [-0.4, -0.2) is 5.97 Å². The molecule has 0 bridgehead atoms. The molecule has 0 spiro atoms. The van der Waals surface area contributed by atoms with Crippen LogP contribution in [0, 0.1) is 0 Å². The Labute approximate surface area is 122 Å². The van der Waals surface area contributed by atoms with Gasteiger partial charge < -0.3 is 10.5 Å². The SMILES string of the molecule is Nc1ccc(C(=O)OCc2sccc2Br)cc1Cl. The predicted octanol–water partition coefficient (Wildman–Crippen LogP) is 4.10. The summed E-state index contributed by atoms with van der Waals surface area (Å²) in [6.07, 6.45) is 0. The maximum atomic E-state index is 11.8. The number of nitrogen functional groups attached to an aromatic ring is 1. The van der Waals surface area contributed by atoms with Gasteiger partial charge in [-0.15, -0.1) is 11.3 Å². The van der Waals surface area contributed by atoms with Crippen LogP contribution in [0.5, 0.6) is 0 Å². The Morgan fingerprint density at radius 2 is 2.22 bits per heavy atom. The number of halogens is 2. The molecule has 1 heterocycles. The molecule has 3 nitrogen and oxygen atoms in total. The number of carbonyl (C=O) groups is 1. The molecule has 18 heavy (non-hydrogen) atoms. The lowest BCUT2D eigenvalue weighted by atomic mass is 10.2. The molecule has 2 rings (SSSR count). The fourth-order valence-corrected chi connectivity index (χ4v) is 2.86. The number of ether oxygens (including phenoxy) is 1. The molecule has 0 aliphatic carbocycles. The quantitative estimate of drug-likeness (QED) is 0.672. The molecule has 2 N–H and O–H groups in total. The Morgan fingerprint density at radius 3 is 2.83 bits per heavy atom. The minimum Gasteiger partial charge on any atom is -0.456 e. The Kier molecular flexibility index (Phi) is 4.27. The average Bonchev–Trinajstić information content (AvgIpc) is 2.75. The van der Waals surface area contributed by atoms with Crippen molar-refractivity contribution in [3.05, 3.63) is 49.6 Å². The summed E-state index contributed by atoms with van der Waals surface area (Å²) in [7, 11) is 0. The molecule has 1 aromatic carbocycles. The first-order chi connectivity index (χ1) is 8.58. The van der Waals surface area contributed by atoms with E-state index < -0.39 is 5.97 Å². The first-order valence-electron chi connectivity index (χ1n) is 5.02. The number of nitrogens with two attached hydrogens (primary N) is 1. The Balaban J connectivity index is 2.04. The number of benzene rings is 1. The van der Waals surface area contributed by atoms with Crippen molar-refractivity contribution in [1.82, 2.24) is 0 Å². The lowest BCUT2D eigenvalue weighted by Gasteiger charge is -2.05. The molecule has 94 valence electrons. The van der Waals surface area contributed by atoms with E-state index in [9.17, 15) is 4.79 Å². The third-order valence-corrected chi connectivity index (χ3v) is 4.49. The Bertz CT molecular complexity index is 585. The molecule has 0 atom stereocenters. The highest BCUT2D eigenvalue weighted by Gasteiger charge is 2.10. The van der Waals surface area contributed by atoms with Gasteiger partial charge in [0.2, 0.25) is 0 Å². The summed E-state index contributed by atoms with van der Waals surface area (Å²) in [6.45, 7) is 0.235. The van der Waals surface area contributed by atoms with Crippen molar-refractivity contribution in [2.45, 2.75) is 6.61 Å². The van der Waals surface area contributed by atoms with Gasteiger partial charge in [0, 0.05) is 4.47 Å². The van der Waals surface area contributed by atoms with E-state index in [0.29, 0.717) is 16.3 Å². The average molecular weight is 347 g/mol. The second-order valence-electron chi connectivity index (χ2n) is 3.50. The summed E-state index contributed by atoms with van der Waals surface area (Å²) < 4.78 is 6.13. The molecule has 0 saturated carbocycles. The molecular formula is C12H9BrClNO2S. The summed E-state index contributed by atoms with van der Waals surface area (Å²) in [6, 6.07) is 6.59. The van der Waals surface area contributed by atoms with E-state index in [-0.39, 0.29) is 6.61 Å². The van der Waals surface area contributed by atoms with Crippen LogP contribution in [0.1, 0.15) is 15.2 Å². The van der Waals surface area contributed by atoms with Crippen LogP contribution >= 0.6 is 38.9 Å². The van der Waals surface area contributed by atoms with E-state index in [4.69, 9.17) is 22.1 Å². The van der Waals surface area contributed by atoms with Gasteiger partial charge in [-0.05, 0) is 45.6 Å². The smallest absolute Gasteiger partial charge is 0.338 e. The molecule has 0 aliphatic heterocycles. The maximum absolute atomic E-state index is 11.8. The van der Waals surface area contributed by atoms with E-state index in [2.05, 4.69) is 15.9 Å². The molecule has 0 unspecified atom stereocenters. The van der Waals surface area contributed by atoms with Gasteiger partial charge in [-0.25, -0.2) is 4.79 Å². The first kappa shape index (κ1) is 13.4. The van der Waals surface area contributed by atoms with Gasteiger partial charge >= 0.3 is 5.97 Å². The normalized spacial score (nSPS) is 10.3. The second kappa shape index (κ2) is 5.73. The van der Waals surface area contributed by atoms with Gasteiger partial charge in [-0.1, -0.05) is 11.6 Å². The number of carbonyl (C=O) groups excluding carboxylic acids is 1. The highest BCUT2D eigenvalue weighted by atomic mass is 79.9. The third-order valence-electron chi connectivity index (χ3n) is 2.26. The lowest BCUT2D eigenvalue weighted by molar-refractivity contribution is 0.0476. The Hall–Kier alpha value is -1.04. The molecule has 0 fully saturated rings. The highest BCUT2D eigenvalue weighted by Crippen LogP contribution is 2.24. The van der Waals surface area contributed by atoms with Crippen molar-refractivity contribution >= 4 is 50.5 Å². The predicted molar refractivity (Wildman–Crippen MR) is 77.0 cm³/mol. The first-order valence-corrected chi connectivity index (χ1v) is 7.07. The van der Waals surface area contributed by atoms with Gasteiger partial charge in [0.1, 0.15) is 6.61 Å². The molecule has 2 aromatic rings. The van der Waals surface area contributed by atoms with Gasteiger partial charge in [0.25, 0.3) is 0 Å². The van der Waals surface area contributed by atoms with Crippen molar-refractivity contribution in [2.24, 2.45) is 0 Å². The molecule has 0 amide bonds. The van der Waals surface area contributed by atoms with Crippen LogP contribution in [0.3, 0.4) is 0 Å². The van der Waals surface area contributed by atoms with Crippen LogP contribution in [-0.2, 0) is 11.3 Å². The second-order valence-corrected chi connectivity index (χ2v) is 5.77. The highest BCUT2D eigenvalue weighted by molar-refractivity contribution is 9.10. The van der Waals surface area contributed by atoms with Crippen LogP contribution < -0.4 is 5.73 Å². The van der Waals surface area contributed by atoms with E-state index in [1.165, 1.54) is 17.4 Å². The van der Waals surface area contributed by atoms with Crippen LogP contribution in [0.2, 0.25) is 5.02 Å². The van der Waals surface area contributed by atoms with Gasteiger partial charge in [0.15, 0.2) is 0 Å². The molecule has 0 aliphatic rings. The number of hydrogen-bond acceptors (Lipinski definition) is 4. The van der Waals surface area contributed by atoms with E-state index in [0.717, 1.165) is 9.35 Å². The van der Waals surface area contributed by atoms with Crippen molar-refractivity contribution in [3.8, 4) is 0 Å². The minimum absolute atomic E-state index is 0.235. The standard InChI is InChI=1S/C12H9BrClNO2S/c13-8-3-4-18-11(8)6-17-12(16)7-1-2-10(15)9(14)5-7/h1-5H,6,15H2. The van der Waals surface area contributed by atoms with Crippen molar-refractivity contribution in [1.29, 1.82) is 0 Å². The van der Waals surface area contributed by atoms with Gasteiger partial charge in [0.05, 0.1) is 21.2 Å². The lowest BCUT2D eigenvalue weighted by Crippen LogP contribution is -2.05. The Morgan fingerprint density at radius 1 is 1.44 bits per heavy atom. The number of thiophene rings is 1. The monoisotopic (exact) mass is 345 g/mol. The third kappa shape index (κ3) is 3.04.